The number of hydrogen-bond donors (Lipinski definition) is 1. The van der Waals surface area contributed by atoms with E-state index in [4.69, 9.17) is 0 Å². The maximum atomic E-state index is 12.9. The standard InChI is InChI=1S/C25H32N4O3/c1-18-5-9-22(10-6-18)26-24(31)17-27(4)25(32)19(2)28-13-15-29(16-14-28)23-11-7-21(8-12-23)20(3)30/h5-12,19H,13-17H2,1-4H3,(H,26,31)/t19-/m0/s1. The maximum Gasteiger partial charge on any atom is 0.243 e. The van der Waals surface area contributed by atoms with E-state index in [2.05, 4.69) is 15.1 Å². The number of hydrogen-bond acceptors (Lipinski definition) is 5. The van der Waals surface area contributed by atoms with E-state index in [9.17, 15) is 14.4 Å². The molecule has 170 valence electrons. The number of nitrogens with zero attached hydrogens (tertiary/aromatic N) is 3. The number of rotatable bonds is 7. The second kappa shape index (κ2) is 10.4. The van der Waals surface area contributed by atoms with Gasteiger partial charge in [-0.15, -0.1) is 0 Å². The van der Waals surface area contributed by atoms with Gasteiger partial charge >= 0.3 is 0 Å². The third-order valence-electron chi connectivity index (χ3n) is 5.95. The Morgan fingerprint density at radius 1 is 0.969 bits per heavy atom. The summed E-state index contributed by atoms with van der Waals surface area (Å²) in [7, 11) is 1.67. The fourth-order valence-electron chi connectivity index (χ4n) is 3.88. The number of aryl methyl sites for hydroxylation is 1. The molecule has 2 amide bonds. The summed E-state index contributed by atoms with van der Waals surface area (Å²) in [5.74, 6) is -0.218. The van der Waals surface area contributed by atoms with Crippen molar-refractivity contribution in [1.82, 2.24) is 9.80 Å². The van der Waals surface area contributed by atoms with E-state index in [-0.39, 0.29) is 30.2 Å². The first kappa shape index (κ1) is 23.5. The summed E-state index contributed by atoms with van der Waals surface area (Å²) in [6.07, 6.45) is 0. The highest BCUT2D eigenvalue weighted by molar-refractivity contribution is 5.95. The number of carbonyl (C=O) groups excluding carboxylic acids is 3. The average molecular weight is 437 g/mol. The summed E-state index contributed by atoms with van der Waals surface area (Å²) in [5, 5.41) is 2.83. The Hall–Kier alpha value is -3.19. The van der Waals surface area contributed by atoms with E-state index < -0.39 is 0 Å². The zero-order valence-electron chi connectivity index (χ0n) is 19.3. The molecule has 0 unspecified atom stereocenters. The summed E-state index contributed by atoms with van der Waals surface area (Å²) < 4.78 is 0. The fraction of sp³-hybridized carbons (Fsp3) is 0.400. The molecule has 1 saturated heterocycles. The fourth-order valence-corrected chi connectivity index (χ4v) is 3.88. The van der Waals surface area contributed by atoms with Crippen molar-refractivity contribution < 1.29 is 14.4 Å². The van der Waals surface area contributed by atoms with Crippen LogP contribution >= 0.6 is 0 Å². The Labute approximate surface area is 190 Å². The van der Waals surface area contributed by atoms with Crippen molar-refractivity contribution in [3.63, 3.8) is 0 Å². The third-order valence-corrected chi connectivity index (χ3v) is 5.95. The summed E-state index contributed by atoms with van der Waals surface area (Å²) in [6, 6.07) is 14.9. The van der Waals surface area contributed by atoms with Gasteiger partial charge in [-0.2, -0.15) is 0 Å². The van der Waals surface area contributed by atoms with Gasteiger partial charge in [-0.25, -0.2) is 0 Å². The number of nitrogens with one attached hydrogen (secondary N) is 1. The lowest BCUT2D eigenvalue weighted by molar-refractivity contribution is -0.137. The van der Waals surface area contributed by atoms with Crippen LogP contribution in [0.1, 0.15) is 29.8 Å². The lowest BCUT2D eigenvalue weighted by atomic mass is 10.1. The Balaban J connectivity index is 1.48. The number of carbonyl (C=O) groups is 3. The van der Waals surface area contributed by atoms with Crippen LogP contribution in [-0.4, -0.2) is 73.2 Å². The Morgan fingerprint density at radius 2 is 1.56 bits per heavy atom. The summed E-state index contributed by atoms with van der Waals surface area (Å²) in [6.45, 7) is 8.57. The monoisotopic (exact) mass is 436 g/mol. The van der Waals surface area contributed by atoms with Gasteiger partial charge in [-0.3, -0.25) is 19.3 Å². The first-order chi connectivity index (χ1) is 15.2. The van der Waals surface area contributed by atoms with Crippen LogP contribution < -0.4 is 10.2 Å². The van der Waals surface area contributed by atoms with Gasteiger partial charge < -0.3 is 15.1 Å². The predicted molar refractivity (Wildman–Crippen MR) is 127 cm³/mol. The van der Waals surface area contributed by atoms with Gasteiger partial charge in [0.25, 0.3) is 0 Å². The van der Waals surface area contributed by atoms with Gasteiger partial charge in [-0.05, 0) is 57.2 Å². The van der Waals surface area contributed by atoms with Crippen molar-refractivity contribution in [3.8, 4) is 0 Å². The molecule has 1 atom stereocenters. The molecule has 32 heavy (non-hydrogen) atoms. The van der Waals surface area contributed by atoms with Gasteiger partial charge in [0, 0.05) is 50.2 Å². The first-order valence-electron chi connectivity index (χ1n) is 11.0. The average Bonchev–Trinajstić information content (AvgIpc) is 2.79. The van der Waals surface area contributed by atoms with Crippen LogP contribution in [0.25, 0.3) is 0 Å². The lowest BCUT2D eigenvalue weighted by Gasteiger charge is -2.39. The van der Waals surface area contributed by atoms with Gasteiger partial charge in [0.2, 0.25) is 11.8 Å². The largest absolute Gasteiger partial charge is 0.369 e. The molecule has 7 nitrogen and oxygen atoms in total. The second-order valence-electron chi connectivity index (χ2n) is 8.41. The number of likely N-dealkylation sites (N-methyl/N-ethyl adjacent to an activating group) is 1. The van der Waals surface area contributed by atoms with Crippen molar-refractivity contribution in [2.75, 3.05) is 50.0 Å². The minimum atomic E-state index is -0.297. The number of amides is 2. The molecule has 1 aliphatic rings. The van der Waals surface area contributed by atoms with Crippen LogP contribution in [0.2, 0.25) is 0 Å². The molecule has 0 bridgehead atoms. The van der Waals surface area contributed by atoms with E-state index in [1.54, 1.807) is 14.0 Å². The topological polar surface area (TPSA) is 73.0 Å². The number of ketones is 1. The first-order valence-corrected chi connectivity index (χ1v) is 11.0. The van der Waals surface area contributed by atoms with Crippen LogP contribution in [-0.2, 0) is 9.59 Å². The quantitative estimate of drug-likeness (QED) is 0.676. The zero-order chi connectivity index (χ0) is 23.3. The minimum Gasteiger partial charge on any atom is -0.369 e. The van der Waals surface area contributed by atoms with Gasteiger partial charge in [0.05, 0.1) is 12.6 Å². The molecule has 0 saturated carbocycles. The molecule has 1 aliphatic heterocycles. The molecule has 0 spiro atoms. The normalized spacial score (nSPS) is 15.2. The van der Waals surface area contributed by atoms with E-state index >= 15 is 0 Å². The SMILES string of the molecule is CC(=O)c1ccc(N2CCN([C@@H](C)C(=O)N(C)CC(=O)Nc3ccc(C)cc3)CC2)cc1. The minimum absolute atomic E-state index is 0.0134. The summed E-state index contributed by atoms with van der Waals surface area (Å²) in [4.78, 5) is 42.6. The lowest BCUT2D eigenvalue weighted by Crippen LogP contribution is -2.54. The van der Waals surface area contributed by atoms with Gasteiger partial charge in [0.1, 0.15) is 0 Å². The van der Waals surface area contributed by atoms with Gasteiger partial charge in [-0.1, -0.05) is 17.7 Å². The smallest absolute Gasteiger partial charge is 0.243 e. The Kier molecular flexibility index (Phi) is 7.64. The van der Waals surface area contributed by atoms with Crippen molar-refractivity contribution in [2.45, 2.75) is 26.8 Å². The number of anilines is 2. The number of Topliss-reactive ketones (excluding diaryl/α,β-unsaturated/α-hetero) is 1. The van der Waals surface area contributed by atoms with E-state index in [1.165, 1.54) is 4.90 Å². The highest BCUT2D eigenvalue weighted by atomic mass is 16.2. The van der Waals surface area contributed by atoms with Crippen molar-refractivity contribution in [1.29, 1.82) is 0 Å². The van der Waals surface area contributed by atoms with Crippen LogP contribution in [0, 0.1) is 6.92 Å². The molecule has 2 aromatic carbocycles. The molecule has 1 fully saturated rings. The number of benzene rings is 2. The Morgan fingerprint density at radius 3 is 2.12 bits per heavy atom. The summed E-state index contributed by atoms with van der Waals surface area (Å²) >= 11 is 0. The molecule has 3 rings (SSSR count). The predicted octanol–water partition coefficient (Wildman–Crippen LogP) is 2.81. The second-order valence-corrected chi connectivity index (χ2v) is 8.41. The van der Waals surface area contributed by atoms with E-state index in [0.717, 1.165) is 43.1 Å². The molecular formula is C25H32N4O3. The van der Waals surface area contributed by atoms with Gasteiger partial charge in [0.15, 0.2) is 5.78 Å². The van der Waals surface area contributed by atoms with Crippen LogP contribution in [0.15, 0.2) is 48.5 Å². The molecule has 0 radical (unpaired) electrons. The zero-order valence-corrected chi connectivity index (χ0v) is 19.3. The van der Waals surface area contributed by atoms with Crippen molar-refractivity contribution in [2.24, 2.45) is 0 Å². The molecule has 0 aliphatic carbocycles. The summed E-state index contributed by atoms with van der Waals surface area (Å²) in [5.41, 5.74) is 3.64. The maximum absolute atomic E-state index is 12.9. The van der Waals surface area contributed by atoms with Crippen LogP contribution in [0.5, 0.6) is 0 Å². The van der Waals surface area contributed by atoms with Crippen molar-refractivity contribution in [3.05, 3.63) is 59.7 Å². The number of piperazine rings is 1. The third kappa shape index (κ3) is 5.95. The molecular weight excluding hydrogens is 404 g/mol. The van der Waals surface area contributed by atoms with E-state index in [1.807, 2.05) is 62.4 Å². The highest BCUT2D eigenvalue weighted by Crippen LogP contribution is 2.19. The molecule has 7 heteroatoms. The van der Waals surface area contributed by atoms with E-state index in [0.29, 0.717) is 5.56 Å². The molecule has 1 heterocycles. The molecule has 1 N–H and O–H groups in total. The Bertz CT molecular complexity index is 948. The van der Waals surface area contributed by atoms with Crippen LogP contribution in [0.4, 0.5) is 11.4 Å². The van der Waals surface area contributed by atoms with Crippen LogP contribution in [0.3, 0.4) is 0 Å². The van der Waals surface area contributed by atoms with Crippen molar-refractivity contribution >= 4 is 29.0 Å². The molecule has 2 aromatic rings. The molecule has 0 aromatic heterocycles. The highest BCUT2D eigenvalue weighted by Gasteiger charge is 2.28.